The van der Waals surface area contributed by atoms with E-state index >= 15 is 0 Å². The zero-order valence-corrected chi connectivity index (χ0v) is 33.7. The van der Waals surface area contributed by atoms with Crippen LogP contribution in [0.3, 0.4) is 0 Å². The molecule has 1 saturated heterocycles. The molecule has 1 atom stereocenters. The number of nitrogens with zero attached hydrogens (tertiary/aromatic N) is 5. The van der Waals surface area contributed by atoms with Gasteiger partial charge in [0.15, 0.2) is 17.1 Å². The maximum Gasteiger partial charge on any atom is 0.405 e. The minimum Gasteiger partial charge on any atom is -0.435 e. The topological polar surface area (TPSA) is 281 Å². The van der Waals surface area contributed by atoms with Gasteiger partial charge in [-0.05, 0) is 48.4 Å². The van der Waals surface area contributed by atoms with Crippen LogP contribution in [0.5, 0.6) is 0 Å². The highest BCUT2D eigenvalue weighted by Crippen LogP contribution is 2.34. The molecule has 2 aliphatic heterocycles. The van der Waals surface area contributed by atoms with Gasteiger partial charge in [0, 0.05) is 49.7 Å². The Bertz CT molecular complexity index is 2600. The number of pyridine rings is 1. The van der Waals surface area contributed by atoms with Crippen molar-refractivity contribution in [2.45, 2.75) is 31.6 Å². The lowest BCUT2D eigenvalue weighted by Crippen LogP contribution is -2.54. The van der Waals surface area contributed by atoms with Gasteiger partial charge in [0.2, 0.25) is 17.7 Å². The highest BCUT2D eigenvalue weighted by molar-refractivity contribution is 6.25. The van der Waals surface area contributed by atoms with Crippen LogP contribution in [0.15, 0.2) is 71.4 Å². The molecule has 6 amide bonds. The first kappa shape index (κ1) is 44.6. The van der Waals surface area contributed by atoms with Gasteiger partial charge in [-0.15, -0.1) is 0 Å². The number of halogens is 3. The highest BCUT2D eigenvalue weighted by atomic mass is 19.4. The fraction of sp³-hybridized carbons (Fsp3) is 0.293. The number of fused-ring (bicyclic) bond motifs is 1. The summed E-state index contributed by atoms with van der Waals surface area (Å²) in [6.07, 6.45) is -1.76. The smallest absolute Gasteiger partial charge is 0.405 e. The molecule has 334 valence electrons. The first-order chi connectivity index (χ1) is 30.7. The summed E-state index contributed by atoms with van der Waals surface area (Å²) in [5.41, 5.74) is 13.0. The van der Waals surface area contributed by atoms with Crippen LogP contribution in [-0.2, 0) is 25.6 Å². The SMILES string of the molecule is NC(=O)c1nn(-c2ccc(CNCCOCCOCCNc3cccc4c3C(=O)N(C3CCC(=O)NC3=O)C4=O)cc2)cc1-c1oc(-c2ccnc(NCC(F)(F)F)c2)nc1C(N)=O. The van der Waals surface area contributed by atoms with Crippen molar-refractivity contribution in [3.05, 3.63) is 95.1 Å². The van der Waals surface area contributed by atoms with Crippen LogP contribution >= 0.6 is 0 Å². The van der Waals surface area contributed by atoms with Gasteiger partial charge in [0.05, 0.1) is 48.8 Å². The molecule has 7 rings (SSSR count). The third-order valence-corrected chi connectivity index (χ3v) is 9.88. The number of amides is 6. The van der Waals surface area contributed by atoms with Crippen LogP contribution in [0.25, 0.3) is 28.5 Å². The van der Waals surface area contributed by atoms with Crippen LogP contribution in [-0.4, -0.2) is 118 Å². The molecule has 0 spiro atoms. The largest absolute Gasteiger partial charge is 0.435 e. The van der Waals surface area contributed by atoms with E-state index in [0.29, 0.717) is 50.8 Å². The van der Waals surface area contributed by atoms with Crippen molar-refractivity contribution in [1.29, 1.82) is 0 Å². The quantitative estimate of drug-likeness (QED) is 0.0484. The normalized spacial score (nSPS) is 15.0. The van der Waals surface area contributed by atoms with Crippen LogP contribution in [0.4, 0.5) is 24.7 Å². The highest BCUT2D eigenvalue weighted by Gasteiger charge is 2.45. The lowest BCUT2D eigenvalue weighted by Gasteiger charge is -2.27. The maximum absolute atomic E-state index is 13.2. The molecule has 2 aliphatic rings. The van der Waals surface area contributed by atoms with E-state index in [2.05, 4.69) is 36.3 Å². The number of nitrogens with one attached hydrogen (secondary N) is 4. The summed E-state index contributed by atoms with van der Waals surface area (Å²) in [4.78, 5) is 84.0. The van der Waals surface area contributed by atoms with Gasteiger partial charge in [0.25, 0.3) is 23.6 Å². The van der Waals surface area contributed by atoms with Crippen LogP contribution in [0.2, 0.25) is 0 Å². The summed E-state index contributed by atoms with van der Waals surface area (Å²) >= 11 is 0. The van der Waals surface area contributed by atoms with E-state index in [0.717, 1.165) is 10.5 Å². The van der Waals surface area contributed by atoms with E-state index in [1.165, 1.54) is 35.3 Å². The number of piperidine rings is 1. The average Bonchev–Trinajstić information content (AvgIpc) is 3.98. The second kappa shape index (κ2) is 19.3. The fourth-order valence-electron chi connectivity index (χ4n) is 6.88. The molecule has 0 radical (unpaired) electrons. The Morgan fingerprint density at radius 1 is 0.891 bits per heavy atom. The molecule has 5 aromatic rings. The summed E-state index contributed by atoms with van der Waals surface area (Å²) in [6.45, 7) is 1.33. The molecule has 64 heavy (non-hydrogen) atoms. The number of nitrogens with two attached hydrogens (primary N) is 2. The minimum atomic E-state index is -4.49. The standard InChI is InChI=1S/C41H40F3N11O9/c42-41(43,44)21-50-29-18-23(10-11-49-29)38-52-33(36(46)58)34(64-38)26-20-54(53-32(26)35(45)57)24-6-4-22(5-7-24)19-47-12-14-62-16-17-63-15-13-48-27-3-1-2-25-31(27)40(61)55(39(25)60)28-8-9-30(56)51-37(28)59/h1-7,10-11,18,20,28,47-48H,8-9,12-17,19,21H2,(H2,45,57)(H2,46,58)(H,49,50)(H,51,56,59). The maximum atomic E-state index is 13.2. The molecule has 5 heterocycles. The van der Waals surface area contributed by atoms with E-state index in [1.54, 1.807) is 24.3 Å². The van der Waals surface area contributed by atoms with Gasteiger partial charge in [-0.2, -0.15) is 18.3 Å². The number of carbonyl (C=O) groups is 6. The number of ether oxygens (including phenoxy) is 2. The molecule has 0 aliphatic carbocycles. The number of alkyl halides is 3. The number of anilines is 2. The monoisotopic (exact) mass is 887 g/mol. The predicted molar refractivity (Wildman–Crippen MR) is 219 cm³/mol. The van der Waals surface area contributed by atoms with Crippen molar-refractivity contribution in [2.75, 3.05) is 56.7 Å². The minimum absolute atomic E-state index is 0.00503. The second-order valence-corrected chi connectivity index (χ2v) is 14.3. The molecule has 20 nitrogen and oxygen atoms in total. The first-order valence-corrected chi connectivity index (χ1v) is 19.7. The van der Waals surface area contributed by atoms with Crippen molar-refractivity contribution in [3.8, 4) is 28.5 Å². The van der Waals surface area contributed by atoms with Crippen molar-refractivity contribution in [1.82, 2.24) is 35.3 Å². The van der Waals surface area contributed by atoms with Gasteiger partial charge in [-0.25, -0.2) is 14.6 Å². The van der Waals surface area contributed by atoms with Gasteiger partial charge >= 0.3 is 6.18 Å². The Hall–Kier alpha value is -7.50. The molecule has 23 heteroatoms. The summed E-state index contributed by atoms with van der Waals surface area (Å²) in [6, 6.07) is 13.6. The number of rotatable bonds is 20. The fourth-order valence-corrected chi connectivity index (χ4v) is 6.88. The number of hydrogen-bond donors (Lipinski definition) is 6. The number of imide groups is 2. The summed E-state index contributed by atoms with van der Waals surface area (Å²) in [7, 11) is 0. The van der Waals surface area contributed by atoms with Crippen LogP contribution < -0.4 is 32.7 Å². The van der Waals surface area contributed by atoms with Crippen LogP contribution in [0, 0.1) is 0 Å². The van der Waals surface area contributed by atoms with E-state index in [-0.39, 0.29) is 70.6 Å². The Balaban J connectivity index is 0.847. The second-order valence-electron chi connectivity index (χ2n) is 14.3. The lowest BCUT2D eigenvalue weighted by molar-refractivity contribution is -0.136. The first-order valence-electron chi connectivity index (χ1n) is 19.7. The summed E-state index contributed by atoms with van der Waals surface area (Å²) in [5, 5.41) is 15.0. The molecule has 2 aromatic carbocycles. The lowest BCUT2D eigenvalue weighted by atomic mass is 10.0. The number of benzene rings is 2. The third-order valence-electron chi connectivity index (χ3n) is 9.88. The molecular weight excluding hydrogens is 848 g/mol. The van der Waals surface area contributed by atoms with E-state index in [4.69, 9.17) is 25.4 Å². The average molecular weight is 888 g/mol. The Morgan fingerprint density at radius 2 is 1.62 bits per heavy atom. The molecule has 1 fully saturated rings. The Morgan fingerprint density at radius 3 is 2.33 bits per heavy atom. The molecule has 0 bridgehead atoms. The molecule has 1 unspecified atom stereocenters. The van der Waals surface area contributed by atoms with Crippen molar-refractivity contribution in [3.63, 3.8) is 0 Å². The zero-order chi connectivity index (χ0) is 45.5. The number of primary amides is 2. The number of hydrogen-bond acceptors (Lipinski definition) is 15. The van der Waals surface area contributed by atoms with Gasteiger partial charge in [-0.3, -0.25) is 39.0 Å². The van der Waals surface area contributed by atoms with Crippen molar-refractivity contribution in [2.24, 2.45) is 11.5 Å². The van der Waals surface area contributed by atoms with Crippen molar-refractivity contribution >= 4 is 46.9 Å². The number of aromatic nitrogens is 4. The molecule has 0 saturated carbocycles. The van der Waals surface area contributed by atoms with Gasteiger partial charge in [-0.1, -0.05) is 18.2 Å². The van der Waals surface area contributed by atoms with E-state index in [9.17, 15) is 41.9 Å². The third kappa shape index (κ3) is 10.2. The van der Waals surface area contributed by atoms with Gasteiger partial charge < -0.3 is 41.3 Å². The Kier molecular flexibility index (Phi) is 13.4. The number of carbonyl (C=O) groups excluding carboxylic acids is 6. The van der Waals surface area contributed by atoms with Crippen molar-refractivity contribution < 1.29 is 55.8 Å². The van der Waals surface area contributed by atoms with E-state index < -0.39 is 54.2 Å². The Labute approximate surface area is 360 Å². The number of oxazole rings is 1. The molecule has 3 aromatic heterocycles. The summed E-state index contributed by atoms with van der Waals surface area (Å²) < 4.78 is 56.7. The molecule has 8 N–H and O–H groups in total. The zero-order valence-electron chi connectivity index (χ0n) is 33.7. The summed E-state index contributed by atoms with van der Waals surface area (Å²) in [5.74, 6) is -4.78. The molecular formula is C41H40F3N11O9. The van der Waals surface area contributed by atoms with Crippen LogP contribution in [0.1, 0.15) is 60.1 Å². The van der Waals surface area contributed by atoms with Gasteiger partial charge in [0.1, 0.15) is 18.4 Å². The van der Waals surface area contributed by atoms with E-state index in [1.807, 2.05) is 12.1 Å². The predicted octanol–water partition coefficient (Wildman–Crippen LogP) is 2.40.